The van der Waals surface area contributed by atoms with Crippen molar-refractivity contribution in [3.8, 4) is 11.1 Å². The molecule has 5 rings (SSSR count). The lowest BCUT2D eigenvalue weighted by molar-refractivity contribution is 0.845. The van der Waals surface area contributed by atoms with Crippen LogP contribution in [-0.2, 0) is 0 Å². The van der Waals surface area contributed by atoms with Gasteiger partial charge in [-0.1, -0.05) is 30.3 Å². The fourth-order valence-corrected chi connectivity index (χ4v) is 4.13. The van der Waals surface area contributed by atoms with Crippen molar-refractivity contribution < 1.29 is 0 Å². The average Bonchev–Trinajstić information content (AvgIpc) is 3.41. The van der Waals surface area contributed by atoms with E-state index in [9.17, 15) is 4.79 Å². The van der Waals surface area contributed by atoms with Gasteiger partial charge in [-0.05, 0) is 17.7 Å². The summed E-state index contributed by atoms with van der Waals surface area (Å²) in [7, 11) is 0. The van der Waals surface area contributed by atoms with Crippen LogP contribution in [0, 0.1) is 0 Å². The van der Waals surface area contributed by atoms with Gasteiger partial charge in [0.15, 0.2) is 0 Å². The molecule has 6 heteroatoms. The van der Waals surface area contributed by atoms with E-state index in [4.69, 9.17) is 0 Å². The number of fused-ring (bicyclic) bond motifs is 1. The van der Waals surface area contributed by atoms with Crippen LogP contribution in [0.4, 0.5) is 11.4 Å². The number of pyridine rings is 1. The molecule has 3 N–H and O–H groups in total. The zero-order valence-electron chi connectivity index (χ0n) is 15.2. The molecule has 0 saturated carbocycles. The van der Waals surface area contributed by atoms with Gasteiger partial charge in [0.25, 0.3) is 0 Å². The van der Waals surface area contributed by atoms with Crippen LogP contribution >= 0.6 is 0 Å². The highest BCUT2D eigenvalue weighted by Crippen LogP contribution is 2.42. The van der Waals surface area contributed by atoms with Gasteiger partial charge in [-0.15, -0.1) is 0 Å². The first-order valence-corrected chi connectivity index (χ1v) is 9.48. The summed E-state index contributed by atoms with van der Waals surface area (Å²) >= 11 is 0. The highest BCUT2D eigenvalue weighted by atomic mass is 16.1. The Labute approximate surface area is 157 Å². The van der Waals surface area contributed by atoms with Gasteiger partial charge in [-0.25, -0.2) is 0 Å². The lowest BCUT2D eigenvalue weighted by Gasteiger charge is -2.29. The summed E-state index contributed by atoms with van der Waals surface area (Å²) in [5.41, 5.74) is 5.45. The fourth-order valence-electron chi connectivity index (χ4n) is 4.13. The van der Waals surface area contributed by atoms with Crippen LogP contribution in [-0.4, -0.2) is 44.5 Å². The van der Waals surface area contributed by atoms with E-state index in [0.29, 0.717) is 0 Å². The molecule has 2 saturated heterocycles. The largest absolute Gasteiger partial charge is 0.356 e. The lowest BCUT2D eigenvalue weighted by atomic mass is 9.98. The van der Waals surface area contributed by atoms with Gasteiger partial charge >= 0.3 is 0 Å². The summed E-state index contributed by atoms with van der Waals surface area (Å²) in [4.78, 5) is 20.0. The molecule has 2 aliphatic rings. The molecule has 2 aromatic carbocycles. The highest BCUT2D eigenvalue weighted by molar-refractivity contribution is 6.07. The molecule has 2 fully saturated rings. The fraction of sp³-hybridized carbons (Fsp3) is 0.286. The van der Waals surface area contributed by atoms with Crippen LogP contribution in [0.1, 0.15) is 0 Å². The number of rotatable bonds is 3. The molecule has 0 amide bonds. The molecule has 3 heterocycles. The third kappa shape index (κ3) is 2.87. The van der Waals surface area contributed by atoms with Crippen molar-refractivity contribution in [3.63, 3.8) is 0 Å². The van der Waals surface area contributed by atoms with Crippen molar-refractivity contribution in [1.29, 1.82) is 0 Å². The molecule has 0 radical (unpaired) electrons. The Kier molecular flexibility index (Phi) is 4.07. The van der Waals surface area contributed by atoms with Crippen molar-refractivity contribution >= 4 is 22.3 Å². The topological polar surface area (TPSA) is 63.4 Å². The maximum atomic E-state index is 12.1. The van der Waals surface area contributed by atoms with Crippen LogP contribution in [0.25, 0.3) is 22.0 Å². The highest BCUT2D eigenvalue weighted by Gasteiger charge is 2.25. The second kappa shape index (κ2) is 6.72. The molecule has 2 aliphatic heterocycles. The number of hydrogen-bond acceptors (Lipinski definition) is 5. The molecule has 27 heavy (non-hydrogen) atoms. The number of aromatic amines is 1. The molecule has 0 bridgehead atoms. The Bertz CT molecular complexity index is 1020. The van der Waals surface area contributed by atoms with Gasteiger partial charge in [0.05, 0.1) is 30.2 Å². The Morgan fingerprint density at radius 1 is 0.852 bits per heavy atom. The van der Waals surface area contributed by atoms with Gasteiger partial charge in [0, 0.05) is 43.2 Å². The number of hydrogen-bond donors (Lipinski definition) is 3. The monoisotopic (exact) mass is 361 g/mol. The summed E-state index contributed by atoms with van der Waals surface area (Å²) in [6.07, 6.45) is 0. The molecule has 0 spiro atoms. The standard InChI is InChI=1S/C21H23N5O/c27-19-7-6-16-20(24-19)17(15-4-2-1-3-5-15)12-18(25-10-8-22-13-25)21(16)26-11-9-23-14-26/h1-7,12,22-23H,8-11,13-14H2,(H,24,27). The third-order valence-corrected chi connectivity index (χ3v) is 5.43. The van der Waals surface area contributed by atoms with Crippen molar-refractivity contribution in [2.45, 2.75) is 0 Å². The van der Waals surface area contributed by atoms with Gasteiger partial charge in [-0.2, -0.15) is 0 Å². The zero-order valence-corrected chi connectivity index (χ0v) is 15.2. The van der Waals surface area contributed by atoms with E-state index in [-0.39, 0.29) is 5.56 Å². The maximum Gasteiger partial charge on any atom is 0.248 e. The third-order valence-electron chi connectivity index (χ3n) is 5.43. The van der Waals surface area contributed by atoms with E-state index < -0.39 is 0 Å². The van der Waals surface area contributed by atoms with Crippen LogP contribution in [0.3, 0.4) is 0 Å². The number of nitrogens with one attached hydrogen (secondary N) is 3. The van der Waals surface area contributed by atoms with E-state index in [0.717, 1.165) is 61.5 Å². The average molecular weight is 361 g/mol. The molecular formula is C21H23N5O. The van der Waals surface area contributed by atoms with Gasteiger partial charge in [-0.3, -0.25) is 15.4 Å². The first-order chi connectivity index (χ1) is 13.3. The van der Waals surface area contributed by atoms with Crippen LogP contribution in [0.15, 0.2) is 53.3 Å². The smallest absolute Gasteiger partial charge is 0.248 e. The Morgan fingerprint density at radius 3 is 2.30 bits per heavy atom. The summed E-state index contributed by atoms with van der Waals surface area (Å²) in [6.45, 7) is 5.58. The molecule has 0 aliphatic carbocycles. The number of H-pyrrole nitrogens is 1. The molecule has 6 nitrogen and oxygen atoms in total. The number of benzene rings is 2. The van der Waals surface area contributed by atoms with E-state index in [1.54, 1.807) is 6.07 Å². The molecule has 1 aromatic heterocycles. The van der Waals surface area contributed by atoms with Crippen LogP contribution in [0.5, 0.6) is 0 Å². The van der Waals surface area contributed by atoms with Gasteiger partial charge in [0.1, 0.15) is 0 Å². The number of nitrogens with zero attached hydrogens (tertiary/aromatic N) is 2. The number of aromatic nitrogens is 1. The zero-order chi connectivity index (χ0) is 18.2. The van der Waals surface area contributed by atoms with Gasteiger partial charge in [0.2, 0.25) is 5.56 Å². The second-order valence-corrected chi connectivity index (χ2v) is 7.11. The number of anilines is 2. The predicted molar refractivity (Wildman–Crippen MR) is 110 cm³/mol. The Morgan fingerprint density at radius 2 is 1.59 bits per heavy atom. The Hall–Kier alpha value is -2.83. The van der Waals surface area contributed by atoms with Crippen molar-refractivity contribution in [2.75, 3.05) is 49.3 Å². The lowest BCUT2D eigenvalue weighted by Crippen LogP contribution is -2.28. The summed E-state index contributed by atoms with van der Waals surface area (Å²) in [6, 6.07) is 16.2. The van der Waals surface area contributed by atoms with E-state index >= 15 is 0 Å². The Balaban J connectivity index is 1.83. The summed E-state index contributed by atoms with van der Waals surface area (Å²) in [5, 5.41) is 7.97. The predicted octanol–water partition coefficient (Wildman–Crippen LogP) is 1.93. The van der Waals surface area contributed by atoms with Crippen LogP contribution in [0.2, 0.25) is 0 Å². The minimum atomic E-state index is -0.0687. The second-order valence-electron chi connectivity index (χ2n) is 7.11. The molecule has 3 aromatic rings. The van der Waals surface area contributed by atoms with Crippen LogP contribution < -0.4 is 26.0 Å². The minimum Gasteiger partial charge on any atom is -0.356 e. The van der Waals surface area contributed by atoms with E-state index in [1.165, 1.54) is 11.4 Å². The quantitative estimate of drug-likeness (QED) is 0.665. The minimum absolute atomic E-state index is 0.0687. The SMILES string of the molecule is O=c1ccc2c(N3CCNC3)c(N3CCNC3)cc(-c3ccccc3)c2[nH]1. The molecule has 0 atom stereocenters. The maximum absolute atomic E-state index is 12.1. The summed E-state index contributed by atoms with van der Waals surface area (Å²) < 4.78 is 0. The first-order valence-electron chi connectivity index (χ1n) is 9.48. The van der Waals surface area contributed by atoms with Crippen molar-refractivity contribution in [1.82, 2.24) is 15.6 Å². The van der Waals surface area contributed by atoms with Gasteiger partial charge < -0.3 is 14.8 Å². The first kappa shape index (κ1) is 16.4. The molecule has 138 valence electrons. The van der Waals surface area contributed by atoms with E-state index in [1.807, 2.05) is 24.3 Å². The normalized spacial score (nSPS) is 17.2. The van der Waals surface area contributed by atoms with E-state index in [2.05, 4.69) is 43.6 Å². The molecule has 0 unspecified atom stereocenters. The summed E-state index contributed by atoms with van der Waals surface area (Å²) in [5.74, 6) is 0. The van der Waals surface area contributed by atoms with Crippen molar-refractivity contribution in [2.24, 2.45) is 0 Å². The van der Waals surface area contributed by atoms with Crippen molar-refractivity contribution in [3.05, 3.63) is 58.9 Å². The molecular weight excluding hydrogens is 338 g/mol.